The minimum Gasteiger partial charge on any atom is -0.349 e. The molecule has 1 aromatic rings. The number of para-hydroxylation sites is 1. The standard InChI is InChI=1S/C17H19N3OS/c18-16-12(17-19-13-8-4-5-9-14(13)22-17)10-15(21)20(16)11-6-2-1-3-7-11/h4-5,8-9,11,18-19H,1-3,6-7,10H2/b17-12-,18-16?. The number of carbonyl (C=O) groups excluding carboxylic acids is 1. The average molecular weight is 313 g/mol. The van der Waals surface area contributed by atoms with Crippen LogP contribution in [0.4, 0.5) is 5.69 Å². The lowest BCUT2D eigenvalue weighted by molar-refractivity contribution is -0.127. The molecule has 0 unspecified atom stereocenters. The summed E-state index contributed by atoms with van der Waals surface area (Å²) in [6.07, 6.45) is 6.04. The Morgan fingerprint density at radius 3 is 2.73 bits per heavy atom. The van der Waals surface area contributed by atoms with Gasteiger partial charge in [0, 0.05) is 16.5 Å². The number of thioether (sulfide) groups is 1. The number of amidine groups is 1. The van der Waals surface area contributed by atoms with Gasteiger partial charge < -0.3 is 5.32 Å². The molecule has 1 saturated heterocycles. The van der Waals surface area contributed by atoms with E-state index in [1.807, 2.05) is 18.2 Å². The molecule has 5 heteroatoms. The highest BCUT2D eigenvalue weighted by molar-refractivity contribution is 8.03. The molecule has 114 valence electrons. The zero-order chi connectivity index (χ0) is 15.1. The van der Waals surface area contributed by atoms with Gasteiger partial charge in [0.25, 0.3) is 0 Å². The predicted octanol–water partition coefficient (Wildman–Crippen LogP) is 3.96. The van der Waals surface area contributed by atoms with Gasteiger partial charge in [-0.15, -0.1) is 0 Å². The lowest BCUT2D eigenvalue weighted by atomic mass is 9.94. The Hall–Kier alpha value is -1.75. The van der Waals surface area contributed by atoms with Gasteiger partial charge in [-0.3, -0.25) is 15.1 Å². The summed E-state index contributed by atoms with van der Waals surface area (Å²) in [6, 6.07) is 8.36. The second kappa shape index (κ2) is 5.47. The van der Waals surface area contributed by atoms with E-state index in [0.29, 0.717) is 12.3 Å². The van der Waals surface area contributed by atoms with Crippen LogP contribution in [0.2, 0.25) is 0 Å². The van der Waals surface area contributed by atoms with Gasteiger partial charge in [-0.1, -0.05) is 43.2 Å². The van der Waals surface area contributed by atoms with Crippen LogP contribution in [0.5, 0.6) is 0 Å². The Morgan fingerprint density at radius 2 is 1.95 bits per heavy atom. The van der Waals surface area contributed by atoms with Gasteiger partial charge in [-0.25, -0.2) is 0 Å². The quantitative estimate of drug-likeness (QED) is 0.825. The first-order valence-electron chi connectivity index (χ1n) is 7.92. The Labute approximate surface area is 134 Å². The van der Waals surface area contributed by atoms with Crippen LogP contribution in [0.3, 0.4) is 0 Å². The highest BCUT2D eigenvalue weighted by Crippen LogP contribution is 2.44. The molecule has 1 aliphatic carbocycles. The molecule has 0 radical (unpaired) electrons. The van der Waals surface area contributed by atoms with Gasteiger partial charge in [0.05, 0.1) is 17.1 Å². The van der Waals surface area contributed by atoms with Crippen LogP contribution in [0.25, 0.3) is 0 Å². The SMILES string of the molecule is N=C1/C(=C2/Nc3ccccc3S2)CC(=O)N1C1CCCCC1. The second-order valence-electron chi connectivity index (χ2n) is 6.11. The van der Waals surface area contributed by atoms with E-state index in [-0.39, 0.29) is 11.9 Å². The normalized spacial score (nSPS) is 25.5. The first kappa shape index (κ1) is 13.9. The van der Waals surface area contributed by atoms with Gasteiger partial charge in [0.1, 0.15) is 5.84 Å². The first-order valence-corrected chi connectivity index (χ1v) is 8.74. The molecule has 2 heterocycles. The molecular formula is C17H19N3OS. The van der Waals surface area contributed by atoms with Gasteiger partial charge in [-0.05, 0) is 25.0 Å². The molecule has 3 aliphatic rings. The molecule has 0 aromatic heterocycles. The number of rotatable bonds is 1. The average Bonchev–Trinajstić information content (AvgIpc) is 3.09. The number of benzene rings is 1. The van der Waals surface area contributed by atoms with Crippen LogP contribution in [-0.2, 0) is 4.79 Å². The van der Waals surface area contributed by atoms with Crippen molar-refractivity contribution in [3.63, 3.8) is 0 Å². The van der Waals surface area contributed by atoms with E-state index in [0.717, 1.165) is 29.1 Å². The minimum atomic E-state index is 0.0951. The van der Waals surface area contributed by atoms with Crippen LogP contribution < -0.4 is 5.32 Å². The molecule has 1 saturated carbocycles. The fourth-order valence-corrected chi connectivity index (χ4v) is 4.61. The third-order valence-corrected chi connectivity index (χ3v) is 5.81. The molecule has 0 bridgehead atoms. The maximum Gasteiger partial charge on any atom is 0.233 e. The van der Waals surface area contributed by atoms with Gasteiger partial charge in [0.15, 0.2) is 0 Å². The smallest absolute Gasteiger partial charge is 0.233 e. The van der Waals surface area contributed by atoms with Crippen molar-refractivity contribution in [1.29, 1.82) is 5.41 Å². The lowest BCUT2D eigenvalue weighted by Crippen LogP contribution is -2.40. The van der Waals surface area contributed by atoms with Crippen molar-refractivity contribution in [1.82, 2.24) is 4.90 Å². The van der Waals surface area contributed by atoms with Gasteiger partial charge >= 0.3 is 0 Å². The van der Waals surface area contributed by atoms with Crippen molar-refractivity contribution in [3.05, 3.63) is 34.9 Å². The van der Waals surface area contributed by atoms with Crippen LogP contribution in [-0.4, -0.2) is 22.7 Å². The monoisotopic (exact) mass is 313 g/mol. The molecule has 2 fully saturated rings. The van der Waals surface area contributed by atoms with Crippen molar-refractivity contribution in [3.8, 4) is 0 Å². The fourth-order valence-electron chi connectivity index (χ4n) is 3.56. The molecule has 22 heavy (non-hydrogen) atoms. The third-order valence-electron chi connectivity index (χ3n) is 4.68. The zero-order valence-electron chi connectivity index (χ0n) is 12.4. The maximum absolute atomic E-state index is 12.4. The van der Waals surface area contributed by atoms with Gasteiger partial charge in [-0.2, -0.15) is 0 Å². The molecule has 4 rings (SSSR count). The molecule has 4 nitrogen and oxygen atoms in total. The number of nitrogens with one attached hydrogen (secondary N) is 2. The van der Waals surface area contributed by atoms with E-state index >= 15 is 0 Å². The fraction of sp³-hybridized carbons (Fsp3) is 0.412. The molecule has 0 spiro atoms. The molecule has 0 atom stereocenters. The molecule has 1 aromatic carbocycles. The number of hydrogen-bond acceptors (Lipinski definition) is 4. The van der Waals surface area contributed by atoms with Crippen LogP contribution >= 0.6 is 11.8 Å². The Bertz CT molecular complexity index is 649. The van der Waals surface area contributed by atoms with E-state index < -0.39 is 0 Å². The first-order chi connectivity index (χ1) is 10.7. The Kier molecular flexibility index (Phi) is 3.45. The van der Waals surface area contributed by atoms with E-state index in [1.54, 1.807) is 16.7 Å². The molecule has 2 N–H and O–H groups in total. The zero-order valence-corrected chi connectivity index (χ0v) is 13.2. The topological polar surface area (TPSA) is 56.2 Å². The summed E-state index contributed by atoms with van der Waals surface area (Å²) in [7, 11) is 0. The van der Waals surface area contributed by atoms with Crippen LogP contribution in [0.15, 0.2) is 39.8 Å². The summed E-state index contributed by atoms with van der Waals surface area (Å²) >= 11 is 1.64. The number of likely N-dealkylation sites (tertiary alicyclic amines) is 1. The second-order valence-corrected chi connectivity index (χ2v) is 7.16. The summed E-state index contributed by atoms with van der Waals surface area (Å²) < 4.78 is 0. The molecular weight excluding hydrogens is 294 g/mol. The number of anilines is 1. The maximum atomic E-state index is 12.4. The van der Waals surface area contributed by atoms with Gasteiger partial charge in [0.2, 0.25) is 5.91 Å². The summed E-state index contributed by atoms with van der Waals surface area (Å²) in [5, 5.41) is 12.8. The number of hydrogen-bond donors (Lipinski definition) is 2. The predicted molar refractivity (Wildman–Crippen MR) is 89.0 cm³/mol. The Morgan fingerprint density at radius 1 is 1.18 bits per heavy atom. The summed E-state index contributed by atoms with van der Waals surface area (Å²) in [5.74, 6) is 0.512. The van der Waals surface area contributed by atoms with Crippen LogP contribution in [0, 0.1) is 5.41 Å². The summed E-state index contributed by atoms with van der Waals surface area (Å²) in [6.45, 7) is 0. The van der Waals surface area contributed by atoms with Crippen LogP contribution in [0.1, 0.15) is 38.5 Å². The lowest BCUT2D eigenvalue weighted by Gasteiger charge is -2.30. The van der Waals surface area contributed by atoms with E-state index in [2.05, 4.69) is 11.4 Å². The van der Waals surface area contributed by atoms with Crippen molar-refractivity contribution in [2.75, 3.05) is 5.32 Å². The van der Waals surface area contributed by atoms with Crippen molar-refractivity contribution in [2.24, 2.45) is 0 Å². The van der Waals surface area contributed by atoms with Crippen molar-refractivity contribution < 1.29 is 4.79 Å². The number of carbonyl (C=O) groups is 1. The molecule has 1 amide bonds. The van der Waals surface area contributed by atoms with E-state index in [9.17, 15) is 4.79 Å². The number of amides is 1. The highest BCUT2D eigenvalue weighted by Gasteiger charge is 2.39. The van der Waals surface area contributed by atoms with Crippen molar-refractivity contribution >= 4 is 29.2 Å². The molecule has 2 aliphatic heterocycles. The van der Waals surface area contributed by atoms with Crippen molar-refractivity contribution in [2.45, 2.75) is 49.5 Å². The summed E-state index contributed by atoms with van der Waals surface area (Å²) in [5.41, 5.74) is 1.93. The summed E-state index contributed by atoms with van der Waals surface area (Å²) in [4.78, 5) is 15.4. The largest absolute Gasteiger partial charge is 0.349 e. The highest BCUT2D eigenvalue weighted by atomic mass is 32.2. The number of nitrogens with zero attached hydrogens (tertiary/aromatic N) is 1. The van der Waals surface area contributed by atoms with E-state index in [1.165, 1.54) is 24.2 Å². The Balaban J connectivity index is 1.61. The van der Waals surface area contributed by atoms with E-state index in [4.69, 9.17) is 5.41 Å². The third kappa shape index (κ3) is 2.24. The minimum absolute atomic E-state index is 0.0951. The number of fused-ring (bicyclic) bond motifs is 1.